The van der Waals surface area contributed by atoms with Gasteiger partial charge in [-0.25, -0.2) is 16.8 Å². The molecule has 0 aromatic rings. The molecule has 0 aromatic heterocycles. The maximum Gasteiger partial charge on any atom is 0.217 e. The number of hydrogen-bond donors (Lipinski definition) is 0. The van der Waals surface area contributed by atoms with E-state index in [0.29, 0.717) is 0 Å². The Kier molecular flexibility index (Phi) is 23.1. The summed E-state index contributed by atoms with van der Waals surface area (Å²) in [4.78, 5) is 0. The normalized spacial score (nSPS) is 9.33. The first kappa shape index (κ1) is 29.3. The quantitative estimate of drug-likeness (QED) is 0.509. The van der Waals surface area contributed by atoms with Crippen molar-refractivity contribution in [2.45, 2.75) is 22.3 Å². The van der Waals surface area contributed by atoms with Crippen LogP contribution in [0.2, 0.25) is 0 Å². The van der Waals surface area contributed by atoms with Gasteiger partial charge in [-0.05, 0) is 0 Å². The zero-order chi connectivity index (χ0) is 10.4. The van der Waals surface area contributed by atoms with Crippen LogP contribution >= 0.6 is 0 Å². The predicted molar refractivity (Wildman–Crippen MR) is 53.6 cm³/mol. The highest BCUT2D eigenvalue weighted by Gasteiger charge is 1.79. The molecular formula is C5H18O8S2-2. The van der Waals surface area contributed by atoms with Crippen molar-refractivity contribution in [2.24, 2.45) is 0 Å². The summed E-state index contributed by atoms with van der Waals surface area (Å²) in [6.45, 7) is 0. The molecule has 0 atom stereocenters. The van der Waals surface area contributed by atoms with Crippen LogP contribution in [0.3, 0.4) is 0 Å². The molecule has 0 radical (unpaired) electrons. The van der Waals surface area contributed by atoms with Gasteiger partial charge < -0.3 is 9.11 Å². The molecule has 0 saturated heterocycles. The van der Waals surface area contributed by atoms with E-state index in [0.717, 1.165) is 14.2 Å². The van der Waals surface area contributed by atoms with Crippen LogP contribution in [0.15, 0.2) is 0 Å². The Labute approximate surface area is 92.1 Å². The smallest absolute Gasteiger partial charge is 0.217 e. The van der Waals surface area contributed by atoms with Gasteiger partial charge in [0.1, 0.15) is 0 Å². The first-order valence-corrected chi connectivity index (χ1v) is 4.82. The van der Waals surface area contributed by atoms with E-state index in [1.165, 1.54) is 0 Å². The second kappa shape index (κ2) is 11.8. The highest BCUT2D eigenvalue weighted by Crippen LogP contribution is 1.74. The molecule has 0 aliphatic carbocycles. The van der Waals surface area contributed by atoms with Gasteiger partial charge in [-0.2, -0.15) is 0 Å². The molecule has 10 heteroatoms. The summed E-state index contributed by atoms with van der Waals surface area (Å²) in [6, 6.07) is 0. The zero-order valence-corrected chi connectivity index (χ0v) is 7.72. The molecule has 0 aliphatic heterocycles. The standard InChI is InChI=1S/2CH4O4S.3CH4/c2*1-5-6(2,3)4;;;/h2*1H3,(H,2,3,4);3*1H4/p-2. The number of rotatable bonds is 2. The fourth-order valence-electron chi connectivity index (χ4n) is 0. The molecule has 0 spiro atoms. The Hall–Kier alpha value is -0.260. The van der Waals surface area contributed by atoms with Crippen molar-refractivity contribution in [1.29, 1.82) is 0 Å². The monoisotopic (exact) mass is 270 g/mol. The van der Waals surface area contributed by atoms with Crippen LogP contribution in [0.4, 0.5) is 0 Å². The first-order chi connectivity index (χ1) is 5.12. The molecule has 0 amide bonds. The van der Waals surface area contributed by atoms with Gasteiger partial charge in [-0.1, -0.05) is 22.3 Å². The van der Waals surface area contributed by atoms with Crippen molar-refractivity contribution in [3.05, 3.63) is 0 Å². The molecule has 100 valence electrons. The largest absolute Gasteiger partial charge is 0.726 e. The van der Waals surface area contributed by atoms with Crippen molar-refractivity contribution in [2.75, 3.05) is 14.2 Å². The summed E-state index contributed by atoms with van der Waals surface area (Å²) in [6.07, 6.45) is 0. The van der Waals surface area contributed by atoms with Gasteiger partial charge >= 0.3 is 0 Å². The van der Waals surface area contributed by atoms with Crippen molar-refractivity contribution < 1.29 is 34.3 Å². The fraction of sp³-hybridized carbons (Fsp3) is 1.00. The summed E-state index contributed by atoms with van der Waals surface area (Å²) < 4.78 is 62.0. The van der Waals surface area contributed by atoms with Crippen molar-refractivity contribution in [1.82, 2.24) is 0 Å². The van der Waals surface area contributed by atoms with Gasteiger partial charge in [-0.3, -0.25) is 8.37 Å². The van der Waals surface area contributed by atoms with E-state index in [-0.39, 0.29) is 22.3 Å². The lowest BCUT2D eigenvalue weighted by molar-refractivity contribution is 0.312. The van der Waals surface area contributed by atoms with E-state index in [9.17, 15) is 25.9 Å². The average molecular weight is 270 g/mol. The SMILES string of the molecule is C.C.C.COS(=O)(=O)[O-].COS(=O)(=O)[O-]. The van der Waals surface area contributed by atoms with Gasteiger partial charge in [-0.15, -0.1) is 0 Å². The summed E-state index contributed by atoms with van der Waals surface area (Å²) in [7, 11) is -7.21. The first-order valence-electron chi connectivity index (χ1n) is 2.15. The molecule has 0 saturated carbocycles. The molecule has 15 heavy (non-hydrogen) atoms. The molecule has 0 rings (SSSR count). The number of hydrogen-bond acceptors (Lipinski definition) is 8. The maximum absolute atomic E-state index is 9.22. The maximum atomic E-state index is 9.22. The Morgan fingerprint density at radius 2 is 0.800 bits per heavy atom. The van der Waals surface area contributed by atoms with Gasteiger partial charge in [0, 0.05) is 0 Å². The van der Waals surface area contributed by atoms with Gasteiger partial charge in [0.05, 0.1) is 14.2 Å². The van der Waals surface area contributed by atoms with E-state index >= 15 is 0 Å². The van der Waals surface area contributed by atoms with Crippen LogP contribution in [0.25, 0.3) is 0 Å². The van der Waals surface area contributed by atoms with E-state index < -0.39 is 20.8 Å². The third-order valence-electron chi connectivity index (χ3n) is 0.408. The summed E-state index contributed by atoms with van der Waals surface area (Å²) in [5, 5.41) is 0. The summed E-state index contributed by atoms with van der Waals surface area (Å²) >= 11 is 0. The van der Waals surface area contributed by atoms with Gasteiger partial charge in [0.25, 0.3) is 0 Å². The van der Waals surface area contributed by atoms with Crippen LogP contribution in [0.1, 0.15) is 22.3 Å². The summed E-state index contributed by atoms with van der Waals surface area (Å²) in [5.41, 5.74) is 0. The van der Waals surface area contributed by atoms with Crippen molar-refractivity contribution in [3.8, 4) is 0 Å². The lowest BCUT2D eigenvalue weighted by Gasteiger charge is -1.98. The van der Waals surface area contributed by atoms with Gasteiger partial charge in [0.2, 0.25) is 20.8 Å². The lowest BCUT2D eigenvalue weighted by atomic mass is 11.8. The zero-order valence-electron chi connectivity index (χ0n) is 6.08. The second-order valence-electron chi connectivity index (χ2n) is 1.15. The molecule has 0 fully saturated rings. The predicted octanol–water partition coefficient (Wildman–Crippen LogP) is 0.0943. The van der Waals surface area contributed by atoms with Crippen LogP contribution in [0, 0.1) is 0 Å². The van der Waals surface area contributed by atoms with E-state index in [2.05, 4.69) is 8.37 Å². The molecular weight excluding hydrogens is 252 g/mol. The van der Waals surface area contributed by atoms with Gasteiger partial charge in [0.15, 0.2) is 0 Å². The molecule has 0 bridgehead atoms. The Morgan fingerprint density at radius 1 is 0.733 bits per heavy atom. The molecule has 0 heterocycles. The van der Waals surface area contributed by atoms with E-state index in [1.54, 1.807) is 0 Å². The van der Waals surface area contributed by atoms with Crippen LogP contribution in [0.5, 0.6) is 0 Å². The van der Waals surface area contributed by atoms with Crippen LogP contribution in [-0.4, -0.2) is 40.2 Å². The molecule has 8 nitrogen and oxygen atoms in total. The minimum Gasteiger partial charge on any atom is -0.726 e. The Morgan fingerprint density at radius 3 is 0.800 bits per heavy atom. The molecule has 0 aliphatic rings. The fourth-order valence-corrected chi connectivity index (χ4v) is 0. The third-order valence-corrected chi connectivity index (χ3v) is 1.22. The van der Waals surface area contributed by atoms with Crippen molar-refractivity contribution >= 4 is 20.8 Å². The molecule has 0 N–H and O–H groups in total. The lowest BCUT2D eigenvalue weighted by Crippen LogP contribution is -1.97. The Balaban J connectivity index is -0.0000000370. The van der Waals surface area contributed by atoms with Crippen molar-refractivity contribution in [3.63, 3.8) is 0 Å². The third kappa shape index (κ3) is 57.5. The summed E-state index contributed by atoms with van der Waals surface area (Å²) in [5.74, 6) is 0. The highest BCUT2D eigenvalue weighted by atomic mass is 32.3. The topological polar surface area (TPSA) is 133 Å². The molecule has 0 unspecified atom stereocenters. The van der Waals surface area contributed by atoms with Crippen LogP contribution < -0.4 is 0 Å². The van der Waals surface area contributed by atoms with E-state index in [1.807, 2.05) is 0 Å². The molecule has 0 aromatic carbocycles. The minimum absolute atomic E-state index is 0. The minimum atomic E-state index is -4.41. The second-order valence-corrected chi connectivity index (χ2v) is 3.45. The average Bonchev–Trinajstić information content (AvgIpc) is 1.86. The van der Waals surface area contributed by atoms with E-state index in [4.69, 9.17) is 0 Å². The highest BCUT2D eigenvalue weighted by molar-refractivity contribution is 7.81. The Bertz CT molecular complexity index is 257. The van der Waals surface area contributed by atoms with Crippen LogP contribution in [-0.2, 0) is 29.2 Å².